The molecule has 0 bridgehead atoms. The van der Waals surface area contributed by atoms with Crippen LogP contribution in [0.15, 0.2) is 29.8 Å². The van der Waals surface area contributed by atoms with E-state index in [9.17, 15) is 0 Å². The number of nitrogens with one attached hydrogen (secondary N) is 1. The van der Waals surface area contributed by atoms with Gasteiger partial charge in [-0.3, -0.25) is 5.41 Å². The van der Waals surface area contributed by atoms with Crippen LogP contribution in [0.2, 0.25) is 0 Å². The lowest BCUT2D eigenvalue weighted by molar-refractivity contribution is 0.306. The molecule has 0 aliphatic carbocycles. The smallest absolute Gasteiger partial charge is 0.244 e. The maximum atomic E-state index is 7.38. The van der Waals surface area contributed by atoms with E-state index in [0.717, 1.165) is 6.42 Å². The van der Waals surface area contributed by atoms with Gasteiger partial charge in [-0.2, -0.15) is 5.10 Å². The topological polar surface area (TPSA) is 84.9 Å². The Morgan fingerprint density at radius 3 is 3.06 bits per heavy atom. The molecule has 2 aromatic heterocycles. The standard InChI is InChI=1S/C11H12N4OS/c12-10(13)9-3-5-14-15-11(9)16-6-4-8-2-1-7-17-8/h1-3,5,7H,4,6H2,(H3,12,13). The van der Waals surface area contributed by atoms with Gasteiger partial charge in [0, 0.05) is 11.3 Å². The Hall–Kier alpha value is -1.95. The first-order valence-corrected chi connectivity index (χ1v) is 5.96. The highest BCUT2D eigenvalue weighted by atomic mass is 32.1. The number of hydrogen-bond acceptors (Lipinski definition) is 5. The van der Waals surface area contributed by atoms with Gasteiger partial charge in [-0.25, -0.2) is 0 Å². The fourth-order valence-electron chi connectivity index (χ4n) is 1.33. The highest BCUT2D eigenvalue weighted by molar-refractivity contribution is 7.09. The fraction of sp³-hybridized carbons (Fsp3) is 0.182. The lowest BCUT2D eigenvalue weighted by atomic mass is 10.3. The van der Waals surface area contributed by atoms with Crippen molar-refractivity contribution in [1.29, 1.82) is 5.41 Å². The molecule has 0 unspecified atom stereocenters. The number of aromatic nitrogens is 2. The Balaban J connectivity index is 1.97. The summed E-state index contributed by atoms with van der Waals surface area (Å²) in [5, 5.41) is 17.0. The number of amidine groups is 1. The van der Waals surface area contributed by atoms with Crippen molar-refractivity contribution >= 4 is 17.2 Å². The third kappa shape index (κ3) is 3.01. The van der Waals surface area contributed by atoms with Gasteiger partial charge in [0.15, 0.2) is 0 Å². The molecule has 3 N–H and O–H groups in total. The Labute approximate surface area is 103 Å². The molecule has 0 amide bonds. The molecule has 5 nitrogen and oxygen atoms in total. The average Bonchev–Trinajstić information content (AvgIpc) is 2.82. The molecule has 88 valence electrons. The SMILES string of the molecule is N=C(N)c1ccnnc1OCCc1cccs1. The van der Waals surface area contributed by atoms with E-state index in [4.69, 9.17) is 15.9 Å². The van der Waals surface area contributed by atoms with Gasteiger partial charge in [-0.05, 0) is 17.5 Å². The Morgan fingerprint density at radius 1 is 1.47 bits per heavy atom. The molecule has 0 fully saturated rings. The van der Waals surface area contributed by atoms with Crippen molar-refractivity contribution in [2.45, 2.75) is 6.42 Å². The van der Waals surface area contributed by atoms with E-state index in [1.165, 1.54) is 11.1 Å². The van der Waals surface area contributed by atoms with Crippen LogP contribution in [0.25, 0.3) is 0 Å². The summed E-state index contributed by atoms with van der Waals surface area (Å²) in [5.74, 6) is 0.252. The van der Waals surface area contributed by atoms with Crippen LogP contribution in [-0.2, 0) is 6.42 Å². The predicted octanol–water partition coefficient (Wildman–Crippen LogP) is 1.44. The summed E-state index contributed by atoms with van der Waals surface area (Å²) in [6.45, 7) is 0.499. The quantitative estimate of drug-likeness (QED) is 0.619. The molecule has 0 aromatic carbocycles. The highest BCUT2D eigenvalue weighted by Crippen LogP contribution is 2.14. The Bertz CT molecular complexity index is 498. The van der Waals surface area contributed by atoms with Crippen molar-refractivity contribution < 1.29 is 4.74 Å². The van der Waals surface area contributed by atoms with Crippen LogP contribution in [0.4, 0.5) is 0 Å². The predicted molar refractivity (Wildman–Crippen MR) is 66.6 cm³/mol. The van der Waals surface area contributed by atoms with Gasteiger partial charge < -0.3 is 10.5 Å². The van der Waals surface area contributed by atoms with E-state index in [0.29, 0.717) is 18.1 Å². The molecule has 0 aliphatic heterocycles. The van der Waals surface area contributed by atoms with Crippen molar-refractivity contribution in [3.05, 3.63) is 40.2 Å². The number of rotatable bonds is 5. The van der Waals surface area contributed by atoms with Crippen LogP contribution in [0.1, 0.15) is 10.4 Å². The molecule has 0 radical (unpaired) electrons. The molecule has 17 heavy (non-hydrogen) atoms. The molecule has 6 heteroatoms. The third-order valence-electron chi connectivity index (χ3n) is 2.14. The molecular weight excluding hydrogens is 236 g/mol. The molecule has 0 spiro atoms. The number of nitrogen functional groups attached to an aromatic ring is 1. The summed E-state index contributed by atoms with van der Waals surface area (Å²) in [6.07, 6.45) is 2.30. The lowest BCUT2D eigenvalue weighted by Gasteiger charge is -2.07. The molecular formula is C11H12N4OS. The summed E-state index contributed by atoms with van der Waals surface area (Å²) in [4.78, 5) is 1.25. The number of nitrogens with two attached hydrogens (primary N) is 1. The van der Waals surface area contributed by atoms with E-state index in [-0.39, 0.29) is 5.84 Å². The van der Waals surface area contributed by atoms with Crippen LogP contribution in [-0.4, -0.2) is 22.6 Å². The van der Waals surface area contributed by atoms with Crippen LogP contribution in [0.5, 0.6) is 5.88 Å². The van der Waals surface area contributed by atoms with Crippen molar-refractivity contribution in [2.75, 3.05) is 6.61 Å². The zero-order valence-corrected chi connectivity index (χ0v) is 9.91. The van der Waals surface area contributed by atoms with Crippen molar-refractivity contribution in [2.24, 2.45) is 5.73 Å². The van der Waals surface area contributed by atoms with E-state index in [2.05, 4.69) is 16.3 Å². The summed E-state index contributed by atoms with van der Waals surface area (Å²) in [5.41, 5.74) is 5.90. The molecule has 0 saturated heterocycles. The van der Waals surface area contributed by atoms with Crippen LogP contribution in [0.3, 0.4) is 0 Å². The van der Waals surface area contributed by atoms with Crippen molar-refractivity contribution in [3.8, 4) is 5.88 Å². The molecule has 0 aliphatic rings. The summed E-state index contributed by atoms with van der Waals surface area (Å²) in [7, 11) is 0. The molecule has 2 heterocycles. The van der Waals surface area contributed by atoms with Crippen molar-refractivity contribution in [1.82, 2.24) is 10.2 Å². The first-order chi connectivity index (χ1) is 8.27. The minimum atomic E-state index is -0.0639. The second-order valence-electron chi connectivity index (χ2n) is 3.34. The Morgan fingerprint density at radius 2 is 2.35 bits per heavy atom. The summed E-state index contributed by atoms with van der Waals surface area (Å²) in [6, 6.07) is 5.68. The maximum Gasteiger partial charge on any atom is 0.244 e. The van der Waals surface area contributed by atoms with Crippen LogP contribution >= 0.6 is 11.3 Å². The molecule has 0 atom stereocenters. The van der Waals surface area contributed by atoms with E-state index >= 15 is 0 Å². The average molecular weight is 248 g/mol. The highest BCUT2D eigenvalue weighted by Gasteiger charge is 2.08. The first kappa shape index (κ1) is 11.5. The second-order valence-corrected chi connectivity index (χ2v) is 4.37. The maximum absolute atomic E-state index is 7.38. The second kappa shape index (κ2) is 5.40. The number of ether oxygens (including phenoxy) is 1. The summed E-state index contributed by atoms with van der Waals surface area (Å²) >= 11 is 1.69. The van der Waals surface area contributed by atoms with Crippen LogP contribution < -0.4 is 10.5 Å². The first-order valence-electron chi connectivity index (χ1n) is 5.08. The van der Waals surface area contributed by atoms with Gasteiger partial charge in [-0.1, -0.05) is 6.07 Å². The normalized spacial score (nSPS) is 10.1. The number of nitrogens with zero attached hydrogens (tertiary/aromatic N) is 2. The van der Waals surface area contributed by atoms with E-state index in [1.54, 1.807) is 17.4 Å². The van der Waals surface area contributed by atoms with Crippen molar-refractivity contribution in [3.63, 3.8) is 0 Å². The van der Waals surface area contributed by atoms with E-state index < -0.39 is 0 Å². The number of hydrogen-bond donors (Lipinski definition) is 2. The third-order valence-corrected chi connectivity index (χ3v) is 3.08. The van der Waals surface area contributed by atoms with Gasteiger partial charge in [0.25, 0.3) is 0 Å². The van der Waals surface area contributed by atoms with Gasteiger partial charge in [-0.15, -0.1) is 16.4 Å². The zero-order chi connectivity index (χ0) is 12.1. The molecule has 2 rings (SSSR count). The zero-order valence-electron chi connectivity index (χ0n) is 9.09. The molecule has 0 saturated carbocycles. The van der Waals surface area contributed by atoms with Gasteiger partial charge in [0.2, 0.25) is 5.88 Å². The van der Waals surface area contributed by atoms with Crippen LogP contribution in [0, 0.1) is 5.41 Å². The molecule has 2 aromatic rings. The minimum Gasteiger partial charge on any atom is -0.476 e. The lowest BCUT2D eigenvalue weighted by Crippen LogP contribution is -2.15. The monoisotopic (exact) mass is 248 g/mol. The minimum absolute atomic E-state index is 0.0639. The van der Waals surface area contributed by atoms with Gasteiger partial charge in [0.05, 0.1) is 18.4 Å². The van der Waals surface area contributed by atoms with Gasteiger partial charge >= 0.3 is 0 Å². The van der Waals surface area contributed by atoms with Gasteiger partial charge in [0.1, 0.15) is 5.84 Å². The Kier molecular flexibility index (Phi) is 3.66. The number of thiophene rings is 1. The van der Waals surface area contributed by atoms with E-state index in [1.807, 2.05) is 11.4 Å². The largest absolute Gasteiger partial charge is 0.476 e. The summed E-state index contributed by atoms with van der Waals surface area (Å²) < 4.78 is 5.48. The fourth-order valence-corrected chi connectivity index (χ4v) is 2.02.